The van der Waals surface area contributed by atoms with E-state index in [0.29, 0.717) is 0 Å². The number of hydrogen-bond donors (Lipinski definition) is 2. The Balaban J connectivity index is 1.46. The molecular weight excluding hydrogens is 520 g/mol. The number of rotatable bonds is 6. The lowest BCUT2D eigenvalue weighted by Gasteiger charge is -2.40. The van der Waals surface area contributed by atoms with E-state index in [1.165, 1.54) is 13.0 Å². The van der Waals surface area contributed by atoms with E-state index >= 15 is 0 Å². The Morgan fingerprint density at radius 1 is 1.32 bits per heavy atom. The van der Waals surface area contributed by atoms with E-state index in [1.807, 2.05) is 6.07 Å². The molecule has 1 aliphatic heterocycles. The predicted molar refractivity (Wildman–Crippen MR) is 120 cm³/mol. The van der Waals surface area contributed by atoms with Crippen LogP contribution in [0.3, 0.4) is 0 Å². The number of aliphatic hydroxyl groups is 1. The Morgan fingerprint density at radius 3 is 2.73 bits per heavy atom. The van der Waals surface area contributed by atoms with E-state index in [1.54, 1.807) is 0 Å². The van der Waals surface area contributed by atoms with E-state index in [2.05, 4.69) is 20.3 Å². The molecule has 2 aromatic rings. The van der Waals surface area contributed by atoms with Crippen molar-refractivity contribution < 1.29 is 35.8 Å². The molecule has 2 fully saturated rings. The number of ether oxygens (including phenoxy) is 1. The Labute approximate surface area is 210 Å². The second-order valence-electron chi connectivity index (χ2n) is 9.27. The molecule has 4 atom stereocenters. The monoisotopic (exact) mass is 544 g/mol. The van der Waals surface area contributed by atoms with Gasteiger partial charge in [-0.05, 0) is 31.9 Å². The van der Waals surface area contributed by atoms with Crippen molar-refractivity contribution in [2.75, 3.05) is 18.4 Å². The van der Waals surface area contributed by atoms with E-state index in [4.69, 9.17) is 4.74 Å². The minimum absolute atomic E-state index is 0.0270. The summed E-state index contributed by atoms with van der Waals surface area (Å²) in [5, 5.41) is 21.8. The summed E-state index contributed by atoms with van der Waals surface area (Å²) in [7, 11) is -4.36. The number of halogens is 4. The number of nitrogens with zero attached hydrogens (tertiary/aromatic N) is 5. The number of anilines is 1. The van der Waals surface area contributed by atoms with Crippen LogP contribution in [0.5, 0.6) is 5.88 Å². The lowest BCUT2D eigenvalue weighted by molar-refractivity contribution is -0.162. The molecule has 37 heavy (non-hydrogen) atoms. The Kier molecular flexibility index (Phi) is 7.28. The zero-order valence-corrected chi connectivity index (χ0v) is 20.4. The summed E-state index contributed by atoms with van der Waals surface area (Å²) in [4.78, 5) is 11.6. The van der Waals surface area contributed by atoms with Crippen LogP contribution in [0, 0.1) is 17.1 Å². The van der Waals surface area contributed by atoms with Crippen LogP contribution in [-0.2, 0) is 10.0 Å². The van der Waals surface area contributed by atoms with Crippen molar-refractivity contribution in [1.82, 2.24) is 19.3 Å². The van der Waals surface area contributed by atoms with E-state index in [9.17, 15) is 36.3 Å². The molecule has 3 heterocycles. The van der Waals surface area contributed by atoms with Crippen LogP contribution in [0.15, 0.2) is 29.6 Å². The average Bonchev–Trinajstić information content (AvgIpc) is 2.81. The largest absolute Gasteiger partial charge is 0.470 e. The van der Waals surface area contributed by atoms with Gasteiger partial charge >= 0.3 is 0 Å². The molecule has 1 saturated carbocycles. The molecule has 2 N–H and O–H groups in total. The van der Waals surface area contributed by atoms with Crippen LogP contribution in [0.2, 0.25) is 0 Å². The van der Waals surface area contributed by atoms with Gasteiger partial charge in [-0.25, -0.2) is 35.9 Å². The van der Waals surface area contributed by atoms with Gasteiger partial charge in [-0.3, -0.25) is 0 Å². The average molecular weight is 545 g/mol. The summed E-state index contributed by atoms with van der Waals surface area (Å²) >= 11 is 0. The predicted octanol–water partition coefficient (Wildman–Crippen LogP) is 2.41. The standard InChI is InChI=1S/C22H24F4N6O4S/c1-21(33)12-22(25,26)6-4-17(21)36-18-13(9-27)10-29-20(31-18)30-16-5-8-32(11-15(16)24)37(34,35)19-14(23)3-2-7-28-19/h2-3,7,10,15-17,33H,4-6,8,11-12H2,1H3,(H,29,30,31)/t15-,16-,17-,21+/m1/s1. The third-order valence-electron chi connectivity index (χ3n) is 6.34. The van der Waals surface area contributed by atoms with E-state index < -0.39 is 70.1 Å². The molecule has 1 aliphatic carbocycles. The fraction of sp³-hybridized carbons (Fsp3) is 0.545. The van der Waals surface area contributed by atoms with Crippen molar-refractivity contribution in [3.8, 4) is 11.9 Å². The van der Waals surface area contributed by atoms with Crippen LogP contribution >= 0.6 is 0 Å². The van der Waals surface area contributed by atoms with E-state index in [-0.39, 0.29) is 36.8 Å². The lowest BCUT2D eigenvalue weighted by atomic mass is 9.81. The van der Waals surface area contributed by atoms with Gasteiger partial charge in [-0.2, -0.15) is 14.6 Å². The van der Waals surface area contributed by atoms with Gasteiger partial charge in [0, 0.05) is 32.1 Å². The van der Waals surface area contributed by atoms with Crippen molar-refractivity contribution >= 4 is 16.0 Å². The fourth-order valence-electron chi connectivity index (χ4n) is 4.41. The van der Waals surface area contributed by atoms with Crippen molar-refractivity contribution in [2.45, 2.75) is 67.5 Å². The third-order valence-corrected chi connectivity index (χ3v) is 8.14. The molecule has 1 saturated heterocycles. The smallest absolute Gasteiger partial charge is 0.263 e. The number of hydrogen-bond acceptors (Lipinski definition) is 9. The summed E-state index contributed by atoms with van der Waals surface area (Å²) in [6.45, 7) is 0.494. The summed E-state index contributed by atoms with van der Waals surface area (Å²) in [5.41, 5.74) is -2.00. The molecule has 0 bridgehead atoms. The minimum atomic E-state index is -4.36. The van der Waals surface area contributed by atoms with Crippen molar-refractivity contribution in [3.05, 3.63) is 35.9 Å². The van der Waals surface area contributed by atoms with Gasteiger partial charge in [0.25, 0.3) is 15.9 Å². The highest BCUT2D eigenvalue weighted by Gasteiger charge is 2.49. The van der Waals surface area contributed by atoms with Crippen molar-refractivity contribution in [2.24, 2.45) is 0 Å². The Bertz CT molecular complexity index is 1310. The van der Waals surface area contributed by atoms with Crippen LogP contribution in [0.4, 0.5) is 23.5 Å². The summed E-state index contributed by atoms with van der Waals surface area (Å²) in [5.74, 6) is -4.51. The van der Waals surface area contributed by atoms with Gasteiger partial charge in [-0.15, -0.1) is 0 Å². The number of aromatic nitrogens is 3. The molecule has 0 aromatic carbocycles. The Hall–Kier alpha value is -3.09. The third kappa shape index (κ3) is 5.76. The zero-order valence-electron chi connectivity index (χ0n) is 19.6. The maximum absolute atomic E-state index is 15.0. The van der Waals surface area contributed by atoms with Crippen LogP contribution in [0.25, 0.3) is 0 Å². The molecule has 4 rings (SSSR count). The number of piperidine rings is 1. The first-order chi connectivity index (χ1) is 17.3. The molecule has 0 radical (unpaired) electrons. The van der Waals surface area contributed by atoms with Crippen LogP contribution < -0.4 is 10.1 Å². The Morgan fingerprint density at radius 2 is 2.08 bits per heavy atom. The van der Waals surface area contributed by atoms with Gasteiger partial charge in [0.15, 0.2) is 5.82 Å². The van der Waals surface area contributed by atoms with E-state index in [0.717, 1.165) is 22.8 Å². The SMILES string of the molecule is C[C@]1(O)CC(F)(F)CC[C@H]1Oc1nc(N[C@@H]2CCN(S(=O)(=O)c3ncccc3F)C[C@H]2F)ncc1C#N. The van der Waals surface area contributed by atoms with Crippen molar-refractivity contribution in [3.63, 3.8) is 0 Å². The maximum Gasteiger partial charge on any atom is 0.263 e. The van der Waals surface area contributed by atoms with Crippen LogP contribution in [-0.4, -0.2) is 75.7 Å². The molecule has 0 unspecified atom stereocenters. The topological polar surface area (TPSA) is 141 Å². The number of pyridine rings is 1. The summed E-state index contributed by atoms with van der Waals surface area (Å²) in [6.07, 6.45) is -2.13. The van der Waals surface area contributed by atoms with Crippen molar-refractivity contribution in [1.29, 1.82) is 5.26 Å². The highest BCUT2D eigenvalue weighted by atomic mass is 32.2. The second kappa shape index (κ2) is 9.99. The highest BCUT2D eigenvalue weighted by molar-refractivity contribution is 7.89. The first-order valence-electron chi connectivity index (χ1n) is 11.4. The minimum Gasteiger partial charge on any atom is -0.470 e. The lowest BCUT2D eigenvalue weighted by Crippen LogP contribution is -2.51. The molecule has 2 aliphatic rings. The molecule has 0 spiro atoms. The quantitative estimate of drug-likeness (QED) is 0.525. The van der Waals surface area contributed by atoms with Crippen LogP contribution in [0.1, 0.15) is 38.2 Å². The highest BCUT2D eigenvalue weighted by Crippen LogP contribution is 2.41. The van der Waals surface area contributed by atoms with Gasteiger partial charge in [0.1, 0.15) is 29.5 Å². The van der Waals surface area contributed by atoms with Gasteiger partial charge in [-0.1, -0.05) is 0 Å². The fourth-order valence-corrected chi connectivity index (χ4v) is 5.85. The molecule has 10 nitrogen and oxygen atoms in total. The maximum atomic E-state index is 15.0. The number of nitrogens with one attached hydrogen (secondary N) is 1. The van der Waals surface area contributed by atoms with Gasteiger partial charge in [0.2, 0.25) is 16.9 Å². The zero-order chi connectivity index (χ0) is 27.0. The normalized spacial score (nSPS) is 28.3. The second-order valence-corrected chi connectivity index (χ2v) is 11.1. The first-order valence-corrected chi connectivity index (χ1v) is 12.8. The van der Waals surface area contributed by atoms with Gasteiger partial charge < -0.3 is 15.2 Å². The summed E-state index contributed by atoms with van der Waals surface area (Å²) in [6, 6.07) is 3.07. The number of sulfonamides is 1. The first kappa shape index (κ1) is 27.0. The number of alkyl halides is 3. The molecule has 2 aromatic heterocycles. The molecule has 0 amide bonds. The molecule has 200 valence electrons. The summed E-state index contributed by atoms with van der Waals surface area (Å²) < 4.78 is 88.3. The molecule has 15 heteroatoms. The number of nitriles is 1. The van der Waals surface area contributed by atoms with Gasteiger partial charge in [0.05, 0.1) is 12.2 Å². The molecular formula is C22H24F4N6O4S.